The van der Waals surface area contributed by atoms with E-state index in [-0.39, 0.29) is 0 Å². The van der Waals surface area contributed by atoms with E-state index in [0.29, 0.717) is 12.6 Å². The molecule has 1 aromatic rings. The Morgan fingerprint density at radius 2 is 1.88 bits per heavy atom. The molecule has 0 bridgehead atoms. The minimum absolute atomic E-state index is 0.373. The Morgan fingerprint density at radius 1 is 1.18 bits per heavy atom. The van der Waals surface area contributed by atoms with E-state index < -0.39 is 11.7 Å². The van der Waals surface area contributed by atoms with Gasteiger partial charge in [0.1, 0.15) is 0 Å². The molecule has 0 saturated heterocycles. The molecule has 94 valence electrons. The van der Waals surface area contributed by atoms with E-state index in [2.05, 4.69) is 18.7 Å². The molecular formula is C13H16F3N. The van der Waals surface area contributed by atoms with Crippen molar-refractivity contribution in [2.75, 3.05) is 6.54 Å². The van der Waals surface area contributed by atoms with Gasteiger partial charge in [0.25, 0.3) is 0 Å². The van der Waals surface area contributed by atoms with Crippen LogP contribution < -0.4 is 0 Å². The van der Waals surface area contributed by atoms with Crippen LogP contribution in [0.1, 0.15) is 30.5 Å². The first-order valence-electron chi connectivity index (χ1n) is 5.81. The highest BCUT2D eigenvalue weighted by Crippen LogP contribution is 2.32. The summed E-state index contributed by atoms with van der Waals surface area (Å²) < 4.78 is 37.8. The number of rotatable bonds is 1. The molecule has 1 aromatic carbocycles. The fourth-order valence-electron chi connectivity index (χ4n) is 2.20. The van der Waals surface area contributed by atoms with E-state index in [1.807, 2.05) is 0 Å². The highest BCUT2D eigenvalue weighted by atomic mass is 19.4. The van der Waals surface area contributed by atoms with Gasteiger partial charge < -0.3 is 0 Å². The second kappa shape index (κ2) is 4.33. The average molecular weight is 243 g/mol. The lowest BCUT2D eigenvalue weighted by molar-refractivity contribution is -0.137. The number of benzene rings is 1. The number of hydrogen-bond donors (Lipinski definition) is 0. The lowest BCUT2D eigenvalue weighted by Crippen LogP contribution is -2.36. The largest absolute Gasteiger partial charge is 0.416 e. The van der Waals surface area contributed by atoms with Crippen LogP contribution in [0, 0.1) is 0 Å². The summed E-state index contributed by atoms with van der Waals surface area (Å²) >= 11 is 0. The number of halogens is 3. The monoisotopic (exact) mass is 243 g/mol. The van der Waals surface area contributed by atoms with E-state index >= 15 is 0 Å². The Kier molecular flexibility index (Phi) is 3.17. The molecule has 4 heteroatoms. The van der Waals surface area contributed by atoms with Crippen molar-refractivity contribution in [3.05, 3.63) is 34.9 Å². The first-order valence-corrected chi connectivity index (χ1v) is 5.81. The molecule has 1 heterocycles. The Morgan fingerprint density at radius 3 is 2.47 bits per heavy atom. The molecule has 0 fully saturated rings. The summed E-state index contributed by atoms with van der Waals surface area (Å²) in [5, 5.41) is 0. The van der Waals surface area contributed by atoms with Crippen LogP contribution >= 0.6 is 0 Å². The van der Waals surface area contributed by atoms with Crippen LogP contribution in [-0.2, 0) is 19.1 Å². The van der Waals surface area contributed by atoms with Crippen LogP contribution in [0.2, 0.25) is 0 Å². The number of fused-ring (bicyclic) bond motifs is 1. The fourth-order valence-corrected chi connectivity index (χ4v) is 2.20. The number of alkyl halides is 3. The maximum absolute atomic E-state index is 12.6. The van der Waals surface area contributed by atoms with Gasteiger partial charge in [-0.1, -0.05) is 6.07 Å². The van der Waals surface area contributed by atoms with Crippen molar-refractivity contribution in [3.8, 4) is 0 Å². The van der Waals surface area contributed by atoms with Crippen LogP contribution in [0.5, 0.6) is 0 Å². The van der Waals surface area contributed by atoms with Crippen LogP contribution in [0.3, 0.4) is 0 Å². The zero-order chi connectivity index (χ0) is 12.6. The van der Waals surface area contributed by atoms with Gasteiger partial charge >= 0.3 is 6.18 Å². The molecule has 17 heavy (non-hydrogen) atoms. The zero-order valence-corrected chi connectivity index (χ0v) is 10.0. The summed E-state index contributed by atoms with van der Waals surface area (Å²) in [6.07, 6.45) is -3.40. The molecule has 1 aliphatic heterocycles. The first kappa shape index (κ1) is 12.4. The highest BCUT2D eigenvalue weighted by molar-refractivity contribution is 5.35. The van der Waals surface area contributed by atoms with Gasteiger partial charge in [-0.3, -0.25) is 4.90 Å². The van der Waals surface area contributed by atoms with Crippen molar-refractivity contribution in [2.45, 2.75) is 39.0 Å². The van der Waals surface area contributed by atoms with Crippen molar-refractivity contribution >= 4 is 0 Å². The Labute approximate surface area is 99.2 Å². The average Bonchev–Trinajstić information content (AvgIpc) is 2.26. The first-order chi connectivity index (χ1) is 7.88. The van der Waals surface area contributed by atoms with E-state index in [0.717, 1.165) is 24.1 Å². The topological polar surface area (TPSA) is 3.24 Å². The molecular weight excluding hydrogens is 227 g/mol. The zero-order valence-electron chi connectivity index (χ0n) is 10.0. The van der Waals surface area contributed by atoms with Crippen molar-refractivity contribution < 1.29 is 13.2 Å². The fraction of sp³-hybridized carbons (Fsp3) is 0.538. The third kappa shape index (κ3) is 2.63. The van der Waals surface area contributed by atoms with Crippen LogP contribution in [0.25, 0.3) is 0 Å². The van der Waals surface area contributed by atoms with Crippen molar-refractivity contribution in [1.29, 1.82) is 0 Å². The molecule has 2 rings (SSSR count). The smallest absolute Gasteiger partial charge is 0.296 e. The van der Waals surface area contributed by atoms with Crippen molar-refractivity contribution in [1.82, 2.24) is 4.90 Å². The van der Waals surface area contributed by atoms with Gasteiger partial charge in [0.05, 0.1) is 5.56 Å². The molecule has 1 nitrogen and oxygen atoms in total. The van der Waals surface area contributed by atoms with Gasteiger partial charge in [-0.25, -0.2) is 0 Å². The molecule has 0 radical (unpaired) electrons. The maximum Gasteiger partial charge on any atom is 0.416 e. The van der Waals surface area contributed by atoms with E-state index in [4.69, 9.17) is 0 Å². The number of hydrogen-bond acceptors (Lipinski definition) is 1. The standard InChI is InChI=1S/C13H16F3N/c1-9(2)17-6-5-10-3-4-12(13(14,15)16)7-11(10)8-17/h3-4,7,9H,5-6,8H2,1-2H3. The summed E-state index contributed by atoms with van der Waals surface area (Å²) in [6, 6.07) is 4.47. The van der Waals surface area contributed by atoms with Gasteiger partial charge in [-0.2, -0.15) is 13.2 Å². The Hall–Kier alpha value is -1.03. The SMILES string of the molecule is CC(C)N1CCc2ccc(C(F)(F)F)cc2C1. The normalized spacial score (nSPS) is 17.3. The minimum Gasteiger partial charge on any atom is -0.296 e. The van der Waals surface area contributed by atoms with Crippen LogP contribution in [0.15, 0.2) is 18.2 Å². The van der Waals surface area contributed by atoms with Crippen LogP contribution in [0.4, 0.5) is 13.2 Å². The molecule has 0 aromatic heterocycles. The summed E-state index contributed by atoms with van der Waals surface area (Å²) in [5.41, 5.74) is 1.33. The van der Waals surface area contributed by atoms with E-state index in [1.54, 1.807) is 6.07 Å². The quantitative estimate of drug-likeness (QED) is 0.730. The maximum atomic E-state index is 12.6. The van der Waals surface area contributed by atoms with Gasteiger partial charge in [-0.05, 0) is 43.5 Å². The van der Waals surface area contributed by atoms with Gasteiger partial charge in [0, 0.05) is 19.1 Å². The molecule has 1 aliphatic rings. The Bertz CT molecular complexity index is 410. The summed E-state index contributed by atoms with van der Waals surface area (Å²) in [5.74, 6) is 0. The van der Waals surface area contributed by atoms with Gasteiger partial charge in [0.2, 0.25) is 0 Å². The lowest BCUT2D eigenvalue weighted by atomic mass is 9.96. The predicted molar refractivity (Wildman–Crippen MR) is 60.7 cm³/mol. The molecule has 0 atom stereocenters. The lowest BCUT2D eigenvalue weighted by Gasteiger charge is -2.32. The number of nitrogens with zero attached hydrogens (tertiary/aromatic N) is 1. The molecule has 0 N–H and O–H groups in total. The molecule has 0 aliphatic carbocycles. The second-order valence-electron chi connectivity index (χ2n) is 4.80. The summed E-state index contributed by atoms with van der Waals surface area (Å²) in [6.45, 7) is 5.68. The molecule has 0 saturated carbocycles. The van der Waals surface area contributed by atoms with Crippen molar-refractivity contribution in [2.24, 2.45) is 0 Å². The van der Waals surface area contributed by atoms with E-state index in [9.17, 15) is 13.2 Å². The highest BCUT2D eigenvalue weighted by Gasteiger charge is 2.31. The Balaban J connectivity index is 2.29. The second-order valence-corrected chi connectivity index (χ2v) is 4.80. The third-order valence-electron chi connectivity index (χ3n) is 3.31. The van der Waals surface area contributed by atoms with Crippen LogP contribution in [-0.4, -0.2) is 17.5 Å². The molecule has 0 amide bonds. The molecule has 0 spiro atoms. The van der Waals surface area contributed by atoms with Gasteiger partial charge in [-0.15, -0.1) is 0 Å². The third-order valence-corrected chi connectivity index (χ3v) is 3.31. The minimum atomic E-state index is -4.24. The molecule has 0 unspecified atom stereocenters. The van der Waals surface area contributed by atoms with Crippen molar-refractivity contribution in [3.63, 3.8) is 0 Å². The summed E-state index contributed by atoms with van der Waals surface area (Å²) in [7, 11) is 0. The van der Waals surface area contributed by atoms with E-state index in [1.165, 1.54) is 12.1 Å². The summed E-state index contributed by atoms with van der Waals surface area (Å²) in [4.78, 5) is 2.20. The van der Waals surface area contributed by atoms with Gasteiger partial charge in [0.15, 0.2) is 0 Å². The predicted octanol–water partition coefficient (Wildman–Crippen LogP) is 3.47.